The van der Waals surface area contributed by atoms with Crippen LogP contribution >= 0.6 is 0 Å². The summed E-state index contributed by atoms with van der Waals surface area (Å²) in [7, 11) is -1.71. The van der Waals surface area contributed by atoms with Crippen LogP contribution in [-0.4, -0.2) is 20.5 Å². The molecule has 0 saturated carbocycles. The summed E-state index contributed by atoms with van der Waals surface area (Å²) in [6, 6.07) is 5.44. The second-order valence-corrected chi connectivity index (χ2v) is 6.00. The van der Waals surface area contributed by atoms with Crippen LogP contribution in [0.2, 0.25) is 0 Å². The Morgan fingerprint density at radius 3 is 2.63 bits per heavy atom. The third kappa shape index (κ3) is 3.86. The summed E-state index contributed by atoms with van der Waals surface area (Å²) in [6.45, 7) is 3.32. The van der Waals surface area contributed by atoms with Crippen molar-refractivity contribution in [2.45, 2.75) is 24.9 Å². The average molecular weight is 283 g/mol. The number of carbonyl (C=O) groups is 1. The first-order valence-corrected chi connectivity index (χ1v) is 7.03. The summed E-state index contributed by atoms with van der Waals surface area (Å²) >= 11 is 0. The van der Waals surface area contributed by atoms with Crippen LogP contribution < -0.4 is 0 Å². The van der Waals surface area contributed by atoms with E-state index < -0.39 is 27.8 Å². The summed E-state index contributed by atoms with van der Waals surface area (Å²) in [4.78, 5) is 11.1. The van der Waals surface area contributed by atoms with Crippen molar-refractivity contribution in [2.75, 3.05) is 0 Å². The van der Waals surface area contributed by atoms with Gasteiger partial charge in [0.1, 0.15) is 11.1 Å². The predicted octanol–water partition coefficient (Wildman–Crippen LogP) is 2.06. The van der Waals surface area contributed by atoms with E-state index >= 15 is 0 Å². The minimum Gasteiger partial charge on any atom is -0.480 e. The second kappa shape index (κ2) is 6.43. The number of rotatable bonds is 5. The SMILES string of the molecule is CC(C)C(C(=O)O)S(=O)Cc1cc(F)ccc1C#N. The summed E-state index contributed by atoms with van der Waals surface area (Å²) in [6.07, 6.45) is 0. The number of hydrogen-bond donors (Lipinski definition) is 1. The molecule has 19 heavy (non-hydrogen) atoms. The van der Waals surface area contributed by atoms with Crippen LogP contribution in [0.5, 0.6) is 0 Å². The van der Waals surface area contributed by atoms with Crippen molar-refractivity contribution in [1.82, 2.24) is 0 Å². The Morgan fingerprint density at radius 2 is 2.16 bits per heavy atom. The van der Waals surface area contributed by atoms with Crippen molar-refractivity contribution in [3.8, 4) is 6.07 Å². The van der Waals surface area contributed by atoms with Crippen molar-refractivity contribution in [2.24, 2.45) is 5.92 Å². The molecule has 0 spiro atoms. The van der Waals surface area contributed by atoms with Crippen LogP contribution in [0, 0.1) is 23.1 Å². The number of halogens is 1. The van der Waals surface area contributed by atoms with E-state index in [0.29, 0.717) is 0 Å². The van der Waals surface area contributed by atoms with Gasteiger partial charge in [-0.05, 0) is 29.7 Å². The van der Waals surface area contributed by atoms with E-state index in [-0.39, 0.29) is 22.8 Å². The van der Waals surface area contributed by atoms with Gasteiger partial charge in [0.15, 0.2) is 0 Å². The maximum Gasteiger partial charge on any atom is 0.319 e. The molecule has 0 aromatic heterocycles. The fourth-order valence-corrected chi connectivity index (χ4v) is 3.29. The molecule has 6 heteroatoms. The standard InChI is InChI=1S/C13H14FNO3S/c1-8(2)12(13(16)17)19(18)7-10-5-11(14)4-3-9(10)6-15/h3-5,8,12H,7H2,1-2H3,(H,16,17). The summed E-state index contributed by atoms with van der Waals surface area (Å²) in [5.41, 5.74) is 0.482. The highest BCUT2D eigenvalue weighted by Crippen LogP contribution is 2.18. The fourth-order valence-electron chi connectivity index (χ4n) is 1.73. The van der Waals surface area contributed by atoms with E-state index in [9.17, 15) is 13.4 Å². The maximum absolute atomic E-state index is 13.1. The molecule has 0 bridgehead atoms. The lowest BCUT2D eigenvalue weighted by Crippen LogP contribution is -2.31. The van der Waals surface area contributed by atoms with Crippen molar-refractivity contribution < 1.29 is 18.5 Å². The van der Waals surface area contributed by atoms with Crippen LogP contribution in [-0.2, 0) is 21.3 Å². The third-order valence-corrected chi connectivity index (χ3v) is 4.53. The van der Waals surface area contributed by atoms with Crippen molar-refractivity contribution in [3.63, 3.8) is 0 Å². The molecular weight excluding hydrogens is 269 g/mol. The molecule has 1 aromatic rings. The normalized spacial score (nSPS) is 13.8. The zero-order valence-corrected chi connectivity index (χ0v) is 11.4. The van der Waals surface area contributed by atoms with Gasteiger partial charge in [-0.25, -0.2) is 4.39 Å². The first-order valence-electron chi connectivity index (χ1n) is 5.65. The van der Waals surface area contributed by atoms with E-state index in [2.05, 4.69) is 0 Å². The lowest BCUT2D eigenvalue weighted by atomic mass is 10.1. The zero-order valence-electron chi connectivity index (χ0n) is 10.6. The molecule has 2 unspecified atom stereocenters. The molecule has 0 radical (unpaired) electrons. The molecule has 1 aromatic carbocycles. The van der Waals surface area contributed by atoms with Gasteiger partial charge in [-0.2, -0.15) is 5.26 Å². The van der Waals surface area contributed by atoms with Crippen LogP contribution in [0.25, 0.3) is 0 Å². The number of benzene rings is 1. The number of nitrogens with zero attached hydrogens (tertiary/aromatic N) is 1. The molecule has 102 valence electrons. The van der Waals surface area contributed by atoms with Crippen LogP contribution in [0.3, 0.4) is 0 Å². The quantitative estimate of drug-likeness (QED) is 0.897. The summed E-state index contributed by atoms with van der Waals surface area (Å²) < 4.78 is 25.2. The Labute approximate surface area is 113 Å². The van der Waals surface area contributed by atoms with Gasteiger partial charge in [-0.15, -0.1) is 0 Å². The molecule has 0 fully saturated rings. The molecule has 0 amide bonds. The van der Waals surface area contributed by atoms with Gasteiger partial charge in [-0.3, -0.25) is 9.00 Å². The number of carboxylic acids is 1. The highest BCUT2D eigenvalue weighted by atomic mass is 32.2. The van der Waals surface area contributed by atoms with E-state index in [1.54, 1.807) is 13.8 Å². The number of aliphatic carboxylic acids is 1. The van der Waals surface area contributed by atoms with Crippen LogP contribution in [0.1, 0.15) is 25.0 Å². The first-order chi connectivity index (χ1) is 8.86. The molecule has 0 aliphatic carbocycles. The van der Waals surface area contributed by atoms with Crippen molar-refractivity contribution >= 4 is 16.8 Å². The molecule has 0 aliphatic heterocycles. The van der Waals surface area contributed by atoms with Crippen LogP contribution in [0.15, 0.2) is 18.2 Å². The highest BCUT2D eigenvalue weighted by molar-refractivity contribution is 7.85. The summed E-state index contributed by atoms with van der Waals surface area (Å²) in [5, 5.41) is 16.9. The Bertz CT molecular complexity index is 551. The maximum atomic E-state index is 13.1. The molecule has 1 N–H and O–H groups in total. The van der Waals surface area contributed by atoms with Gasteiger partial charge in [0.05, 0.1) is 17.4 Å². The Morgan fingerprint density at radius 1 is 1.53 bits per heavy atom. The lowest BCUT2D eigenvalue weighted by Gasteiger charge is -2.16. The second-order valence-electron chi connectivity index (χ2n) is 4.44. The monoisotopic (exact) mass is 283 g/mol. The van der Waals surface area contributed by atoms with Gasteiger partial charge >= 0.3 is 5.97 Å². The number of hydrogen-bond acceptors (Lipinski definition) is 3. The minimum absolute atomic E-state index is 0.143. The Kier molecular flexibility index (Phi) is 5.19. The van der Waals surface area contributed by atoms with E-state index in [1.165, 1.54) is 6.07 Å². The molecule has 4 nitrogen and oxygen atoms in total. The first kappa shape index (κ1) is 15.3. The summed E-state index contributed by atoms with van der Waals surface area (Å²) in [5.74, 6) is -2.14. The molecule has 0 saturated heterocycles. The molecule has 1 rings (SSSR count). The number of carboxylic acid groups (broad SMARTS) is 1. The van der Waals surface area contributed by atoms with E-state index in [4.69, 9.17) is 10.4 Å². The predicted molar refractivity (Wildman–Crippen MR) is 69.2 cm³/mol. The largest absolute Gasteiger partial charge is 0.480 e. The molecule has 0 aliphatic rings. The lowest BCUT2D eigenvalue weighted by molar-refractivity contribution is -0.137. The zero-order chi connectivity index (χ0) is 14.6. The Balaban J connectivity index is 3.02. The van der Waals surface area contributed by atoms with Crippen LogP contribution in [0.4, 0.5) is 4.39 Å². The van der Waals surface area contributed by atoms with E-state index in [1.807, 2.05) is 6.07 Å². The van der Waals surface area contributed by atoms with Gasteiger partial charge in [0.2, 0.25) is 0 Å². The topological polar surface area (TPSA) is 78.2 Å². The third-order valence-electron chi connectivity index (χ3n) is 2.62. The fraction of sp³-hybridized carbons (Fsp3) is 0.385. The average Bonchev–Trinajstić information content (AvgIpc) is 2.27. The van der Waals surface area contributed by atoms with Gasteiger partial charge < -0.3 is 5.11 Å². The molecule has 2 atom stereocenters. The molecular formula is C13H14FNO3S. The Hall–Kier alpha value is -1.74. The van der Waals surface area contributed by atoms with Crippen molar-refractivity contribution in [3.05, 3.63) is 35.1 Å². The molecule has 0 heterocycles. The minimum atomic E-state index is -1.71. The van der Waals surface area contributed by atoms with Gasteiger partial charge in [0, 0.05) is 10.8 Å². The van der Waals surface area contributed by atoms with Gasteiger partial charge in [-0.1, -0.05) is 13.8 Å². The smallest absolute Gasteiger partial charge is 0.319 e. The number of nitriles is 1. The van der Waals surface area contributed by atoms with Gasteiger partial charge in [0.25, 0.3) is 0 Å². The van der Waals surface area contributed by atoms with Crippen molar-refractivity contribution in [1.29, 1.82) is 5.26 Å². The highest BCUT2D eigenvalue weighted by Gasteiger charge is 2.28. The van der Waals surface area contributed by atoms with E-state index in [0.717, 1.165) is 12.1 Å².